The standard InChI is InChI=1S/C10H18N2S2/c1-4-11-8(3)9-6-12-10(14-9)7-13-5-2/h6,8,11H,4-5,7H2,1-3H3. The van der Waals surface area contributed by atoms with Gasteiger partial charge in [-0.15, -0.1) is 11.3 Å². The van der Waals surface area contributed by atoms with Crippen molar-refractivity contribution in [2.24, 2.45) is 0 Å². The van der Waals surface area contributed by atoms with Gasteiger partial charge in [0.1, 0.15) is 5.01 Å². The maximum Gasteiger partial charge on any atom is 0.103 e. The monoisotopic (exact) mass is 230 g/mol. The minimum atomic E-state index is 0.442. The zero-order valence-corrected chi connectivity index (χ0v) is 10.7. The molecule has 1 rings (SSSR count). The average Bonchev–Trinajstić information content (AvgIpc) is 2.63. The second-order valence-corrected chi connectivity index (χ2v) is 5.49. The van der Waals surface area contributed by atoms with Crippen molar-refractivity contribution in [3.63, 3.8) is 0 Å². The highest BCUT2D eigenvalue weighted by Crippen LogP contribution is 2.23. The minimum absolute atomic E-state index is 0.442. The summed E-state index contributed by atoms with van der Waals surface area (Å²) in [6, 6.07) is 0.442. The van der Waals surface area contributed by atoms with Crippen LogP contribution in [0.25, 0.3) is 0 Å². The van der Waals surface area contributed by atoms with Crippen LogP contribution in [0, 0.1) is 0 Å². The minimum Gasteiger partial charge on any atom is -0.310 e. The molecule has 0 aliphatic rings. The first-order valence-corrected chi connectivity index (χ1v) is 7.00. The van der Waals surface area contributed by atoms with E-state index in [0.717, 1.165) is 18.1 Å². The number of aromatic nitrogens is 1. The molecule has 1 aromatic heterocycles. The number of rotatable bonds is 6. The molecule has 0 saturated heterocycles. The van der Waals surface area contributed by atoms with Crippen molar-refractivity contribution in [3.8, 4) is 0 Å². The van der Waals surface area contributed by atoms with E-state index in [1.165, 1.54) is 9.88 Å². The Kier molecular flexibility index (Phi) is 5.52. The quantitative estimate of drug-likeness (QED) is 0.813. The van der Waals surface area contributed by atoms with Crippen LogP contribution in [-0.2, 0) is 5.75 Å². The van der Waals surface area contributed by atoms with Crippen LogP contribution in [0.1, 0.15) is 36.7 Å². The lowest BCUT2D eigenvalue weighted by molar-refractivity contribution is 0.606. The number of hydrogen-bond donors (Lipinski definition) is 1. The van der Waals surface area contributed by atoms with Crippen molar-refractivity contribution >= 4 is 23.1 Å². The molecule has 0 spiro atoms. The second-order valence-electron chi connectivity index (χ2n) is 3.07. The van der Waals surface area contributed by atoms with Gasteiger partial charge >= 0.3 is 0 Å². The van der Waals surface area contributed by atoms with Crippen LogP contribution >= 0.6 is 23.1 Å². The Bertz CT molecular complexity index is 260. The smallest absolute Gasteiger partial charge is 0.103 e. The molecule has 0 fully saturated rings. The van der Waals surface area contributed by atoms with Gasteiger partial charge in [0.25, 0.3) is 0 Å². The lowest BCUT2D eigenvalue weighted by Crippen LogP contribution is -2.16. The van der Waals surface area contributed by atoms with E-state index in [-0.39, 0.29) is 0 Å². The third kappa shape index (κ3) is 3.59. The molecule has 80 valence electrons. The van der Waals surface area contributed by atoms with E-state index in [0.29, 0.717) is 6.04 Å². The van der Waals surface area contributed by atoms with Gasteiger partial charge in [0.2, 0.25) is 0 Å². The topological polar surface area (TPSA) is 24.9 Å². The molecule has 0 radical (unpaired) electrons. The number of nitrogens with one attached hydrogen (secondary N) is 1. The van der Waals surface area contributed by atoms with Gasteiger partial charge in [-0.2, -0.15) is 11.8 Å². The predicted molar refractivity (Wildman–Crippen MR) is 66.0 cm³/mol. The van der Waals surface area contributed by atoms with Crippen molar-refractivity contribution in [2.75, 3.05) is 12.3 Å². The van der Waals surface area contributed by atoms with Gasteiger partial charge in [0.05, 0.1) is 0 Å². The van der Waals surface area contributed by atoms with Crippen LogP contribution < -0.4 is 5.32 Å². The Morgan fingerprint density at radius 2 is 2.36 bits per heavy atom. The number of thiazole rings is 1. The highest BCUT2D eigenvalue weighted by molar-refractivity contribution is 7.98. The van der Waals surface area contributed by atoms with E-state index in [2.05, 4.69) is 31.1 Å². The zero-order valence-electron chi connectivity index (χ0n) is 9.04. The van der Waals surface area contributed by atoms with Crippen LogP contribution in [0.15, 0.2) is 6.20 Å². The molecule has 0 amide bonds. The fourth-order valence-corrected chi connectivity index (χ4v) is 2.87. The first-order chi connectivity index (χ1) is 6.77. The molecule has 1 heterocycles. The summed E-state index contributed by atoms with van der Waals surface area (Å²) in [5.74, 6) is 2.22. The van der Waals surface area contributed by atoms with Gasteiger partial charge < -0.3 is 5.32 Å². The summed E-state index contributed by atoms with van der Waals surface area (Å²) in [4.78, 5) is 5.76. The van der Waals surface area contributed by atoms with Crippen molar-refractivity contribution in [1.82, 2.24) is 10.3 Å². The van der Waals surface area contributed by atoms with Crippen molar-refractivity contribution in [2.45, 2.75) is 32.6 Å². The fourth-order valence-electron chi connectivity index (χ4n) is 1.19. The molecule has 4 heteroatoms. The Balaban J connectivity index is 2.49. The first-order valence-electron chi connectivity index (χ1n) is 5.03. The number of nitrogens with zero attached hydrogens (tertiary/aromatic N) is 1. The summed E-state index contributed by atoms with van der Waals surface area (Å²) >= 11 is 3.75. The Morgan fingerprint density at radius 1 is 1.57 bits per heavy atom. The molecule has 0 aliphatic heterocycles. The maximum absolute atomic E-state index is 4.41. The third-order valence-electron chi connectivity index (χ3n) is 1.94. The van der Waals surface area contributed by atoms with Crippen molar-refractivity contribution in [1.29, 1.82) is 0 Å². The second kappa shape index (κ2) is 6.43. The summed E-state index contributed by atoms with van der Waals surface area (Å²) in [6.07, 6.45) is 2.00. The van der Waals surface area contributed by atoms with Crippen molar-refractivity contribution in [3.05, 3.63) is 16.1 Å². The van der Waals surface area contributed by atoms with Gasteiger partial charge in [-0.3, -0.25) is 0 Å². The average molecular weight is 230 g/mol. The molecule has 2 nitrogen and oxygen atoms in total. The molecule has 0 aromatic carbocycles. The van der Waals surface area contributed by atoms with E-state index in [1.807, 2.05) is 29.3 Å². The summed E-state index contributed by atoms with van der Waals surface area (Å²) < 4.78 is 0. The van der Waals surface area contributed by atoms with E-state index in [1.54, 1.807) is 0 Å². The van der Waals surface area contributed by atoms with E-state index < -0.39 is 0 Å². The fraction of sp³-hybridized carbons (Fsp3) is 0.700. The van der Waals surface area contributed by atoms with Gasteiger partial charge in [0.15, 0.2) is 0 Å². The van der Waals surface area contributed by atoms with Crippen LogP contribution in [0.4, 0.5) is 0 Å². The third-order valence-corrected chi connectivity index (χ3v) is 4.19. The summed E-state index contributed by atoms with van der Waals surface area (Å²) in [5, 5.41) is 4.64. The van der Waals surface area contributed by atoms with Gasteiger partial charge in [-0.05, 0) is 19.2 Å². The van der Waals surface area contributed by atoms with Crippen LogP contribution in [0.2, 0.25) is 0 Å². The molecular weight excluding hydrogens is 212 g/mol. The molecule has 0 aliphatic carbocycles. The molecule has 0 bridgehead atoms. The normalized spacial score (nSPS) is 13.1. The predicted octanol–water partition coefficient (Wildman–Crippen LogP) is 3.07. The van der Waals surface area contributed by atoms with Gasteiger partial charge in [0, 0.05) is 22.9 Å². The maximum atomic E-state index is 4.41. The zero-order chi connectivity index (χ0) is 10.4. The molecule has 0 saturated carbocycles. The molecule has 1 unspecified atom stereocenters. The highest BCUT2D eigenvalue weighted by Gasteiger charge is 2.07. The molecule has 14 heavy (non-hydrogen) atoms. The lowest BCUT2D eigenvalue weighted by Gasteiger charge is -2.07. The van der Waals surface area contributed by atoms with E-state index >= 15 is 0 Å². The molecule has 1 N–H and O–H groups in total. The molecule has 1 atom stereocenters. The highest BCUT2D eigenvalue weighted by atomic mass is 32.2. The molecule has 1 aromatic rings. The first kappa shape index (κ1) is 12.0. The summed E-state index contributed by atoms with van der Waals surface area (Å²) in [7, 11) is 0. The number of hydrogen-bond acceptors (Lipinski definition) is 4. The largest absolute Gasteiger partial charge is 0.310 e. The SMILES string of the molecule is CCNC(C)c1cnc(CSCC)s1. The van der Waals surface area contributed by atoms with E-state index in [9.17, 15) is 0 Å². The summed E-state index contributed by atoms with van der Waals surface area (Å²) in [6.45, 7) is 7.51. The number of thioether (sulfide) groups is 1. The Labute approximate surface area is 94.5 Å². The summed E-state index contributed by atoms with van der Waals surface area (Å²) in [5.41, 5.74) is 0. The Morgan fingerprint density at radius 3 is 3.00 bits per heavy atom. The van der Waals surface area contributed by atoms with Crippen molar-refractivity contribution < 1.29 is 0 Å². The van der Waals surface area contributed by atoms with Crippen LogP contribution in [0.3, 0.4) is 0 Å². The lowest BCUT2D eigenvalue weighted by atomic mass is 10.3. The van der Waals surface area contributed by atoms with Gasteiger partial charge in [-0.1, -0.05) is 13.8 Å². The van der Waals surface area contributed by atoms with E-state index in [4.69, 9.17) is 0 Å². The van der Waals surface area contributed by atoms with Gasteiger partial charge in [-0.25, -0.2) is 4.98 Å². The van der Waals surface area contributed by atoms with Crippen LogP contribution in [-0.4, -0.2) is 17.3 Å². The Hall–Kier alpha value is -0.0600. The van der Waals surface area contributed by atoms with Crippen LogP contribution in [0.5, 0.6) is 0 Å². The molecular formula is C10H18N2S2.